The van der Waals surface area contributed by atoms with Gasteiger partial charge in [-0.3, -0.25) is 14.2 Å². The molecular formula is C23H26N6O. The number of benzene rings is 1. The zero-order chi connectivity index (χ0) is 20.6. The molecule has 3 aromatic rings. The lowest BCUT2D eigenvalue weighted by atomic mass is 9.95. The molecule has 0 unspecified atom stereocenters. The molecule has 0 bridgehead atoms. The number of nitrogens with zero attached hydrogens (tertiary/aromatic N) is 6. The standard InChI is InChI=1S/C23H26N6O/c1-15(30)28-9-6-20-18(13-28)22(25-27(20)3)29-14-23(7-8-23)19-10-16(4-5-21(19)29)17-11-24-26(2)12-17/h4-5,10-12H,6-9,13-14H2,1-3H3. The summed E-state index contributed by atoms with van der Waals surface area (Å²) in [7, 11) is 3.98. The Hall–Kier alpha value is -3.09. The smallest absolute Gasteiger partial charge is 0.219 e. The molecule has 0 radical (unpaired) electrons. The molecule has 1 aliphatic carbocycles. The Labute approximate surface area is 175 Å². The fourth-order valence-electron chi connectivity index (χ4n) is 5.24. The molecule has 4 heterocycles. The molecule has 0 N–H and O–H groups in total. The Morgan fingerprint density at radius 1 is 1.17 bits per heavy atom. The SMILES string of the molecule is CC(=O)N1CCc2c(c(N3CC4(CC4)c4cc(-c5cnn(C)c5)ccc43)nn2C)C1. The fraction of sp³-hybridized carbons (Fsp3) is 0.435. The van der Waals surface area contributed by atoms with Crippen LogP contribution in [0.15, 0.2) is 30.6 Å². The van der Waals surface area contributed by atoms with E-state index in [9.17, 15) is 4.79 Å². The number of carbonyl (C=O) groups is 1. The fourth-order valence-corrected chi connectivity index (χ4v) is 5.24. The maximum Gasteiger partial charge on any atom is 0.219 e. The molecule has 0 atom stereocenters. The van der Waals surface area contributed by atoms with Gasteiger partial charge in [0.25, 0.3) is 0 Å². The second-order valence-corrected chi connectivity index (χ2v) is 9.06. The largest absolute Gasteiger partial charge is 0.338 e. The number of carbonyl (C=O) groups excluding carboxylic acids is 1. The summed E-state index contributed by atoms with van der Waals surface area (Å²) in [5, 5.41) is 9.27. The van der Waals surface area contributed by atoms with Gasteiger partial charge in [0.1, 0.15) is 0 Å². The summed E-state index contributed by atoms with van der Waals surface area (Å²) >= 11 is 0. The van der Waals surface area contributed by atoms with Crippen LogP contribution >= 0.6 is 0 Å². The number of hydrogen-bond acceptors (Lipinski definition) is 4. The minimum atomic E-state index is 0.136. The zero-order valence-corrected chi connectivity index (χ0v) is 17.7. The van der Waals surface area contributed by atoms with Crippen molar-refractivity contribution in [1.82, 2.24) is 24.5 Å². The van der Waals surface area contributed by atoms with Crippen LogP contribution in [-0.2, 0) is 37.3 Å². The summed E-state index contributed by atoms with van der Waals surface area (Å²) in [5.41, 5.74) is 7.78. The molecule has 30 heavy (non-hydrogen) atoms. The van der Waals surface area contributed by atoms with Gasteiger partial charge in [0.2, 0.25) is 5.91 Å². The lowest BCUT2D eigenvalue weighted by molar-refractivity contribution is -0.129. The van der Waals surface area contributed by atoms with E-state index in [1.807, 2.05) is 34.6 Å². The summed E-state index contributed by atoms with van der Waals surface area (Å²) in [6.07, 6.45) is 7.31. The van der Waals surface area contributed by atoms with Gasteiger partial charge in [-0.25, -0.2) is 0 Å². The molecule has 3 aliphatic rings. The molecule has 1 spiro atoms. The number of aryl methyl sites for hydroxylation is 2. The van der Waals surface area contributed by atoms with Gasteiger partial charge in [-0.1, -0.05) is 6.07 Å². The quantitative estimate of drug-likeness (QED) is 0.661. The number of rotatable bonds is 2. The van der Waals surface area contributed by atoms with E-state index in [2.05, 4.69) is 34.4 Å². The summed E-state index contributed by atoms with van der Waals surface area (Å²) in [5.74, 6) is 1.16. The lowest BCUT2D eigenvalue weighted by Crippen LogP contribution is -2.35. The van der Waals surface area contributed by atoms with E-state index >= 15 is 0 Å². The average molecular weight is 403 g/mol. The van der Waals surface area contributed by atoms with Gasteiger partial charge in [-0.2, -0.15) is 10.2 Å². The van der Waals surface area contributed by atoms with E-state index in [0.717, 1.165) is 30.9 Å². The van der Waals surface area contributed by atoms with Crippen molar-refractivity contribution in [1.29, 1.82) is 0 Å². The Kier molecular flexibility index (Phi) is 3.53. The Balaban J connectivity index is 1.43. The van der Waals surface area contributed by atoms with Crippen LogP contribution in [-0.4, -0.2) is 43.5 Å². The van der Waals surface area contributed by atoms with Crippen molar-refractivity contribution in [3.8, 4) is 11.1 Å². The number of hydrogen-bond donors (Lipinski definition) is 0. The molecule has 2 aromatic heterocycles. The molecule has 6 rings (SSSR count). The van der Waals surface area contributed by atoms with E-state index in [1.54, 1.807) is 6.92 Å². The first kappa shape index (κ1) is 17.7. The van der Waals surface area contributed by atoms with Gasteiger partial charge >= 0.3 is 0 Å². The summed E-state index contributed by atoms with van der Waals surface area (Å²) < 4.78 is 3.87. The summed E-state index contributed by atoms with van der Waals surface area (Å²) in [6, 6.07) is 6.80. The normalized spacial score (nSPS) is 18.6. The Morgan fingerprint density at radius 2 is 2.00 bits per heavy atom. The second-order valence-electron chi connectivity index (χ2n) is 9.06. The van der Waals surface area contributed by atoms with Crippen molar-refractivity contribution in [3.05, 3.63) is 47.4 Å². The molecule has 1 fully saturated rings. The van der Waals surface area contributed by atoms with Gasteiger partial charge in [0.05, 0.1) is 12.7 Å². The van der Waals surface area contributed by atoms with Crippen LogP contribution in [0, 0.1) is 0 Å². The van der Waals surface area contributed by atoms with Crippen LogP contribution in [0.25, 0.3) is 11.1 Å². The second kappa shape index (κ2) is 5.97. The third-order valence-corrected chi connectivity index (χ3v) is 7.13. The van der Waals surface area contributed by atoms with Crippen LogP contribution in [0.4, 0.5) is 11.5 Å². The lowest BCUT2D eigenvalue weighted by Gasteiger charge is -2.28. The summed E-state index contributed by atoms with van der Waals surface area (Å²) in [4.78, 5) is 16.3. The predicted molar refractivity (Wildman–Crippen MR) is 115 cm³/mol. The topological polar surface area (TPSA) is 59.2 Å². The van der Waals surface area contributed by atoms with E-state index in [0.29, 0.717) is 6.54 Å². The van der Waals surface area contributed by atoms with Crippen molar-refractivity contribution in [2.24, 2.45) is 14.1 Å². The molecule has 154 valence electrons. The number of fused-ring (bicyclic) bond motifs is 3. The molecule has 1 aromatic carbocycles. The molecule has 1 amide bonds. The highest BCUT2D eigenvalue weighted by molar-refractivity contribution is 5.79. The van der Waals surface area contributed by atoms with Crippen LogP contribution in [0.3, 0.4) is 0 Å². The first-order valence-corrected chi connectivity index (χ1v) is 10.7. The van der Waals surface area contributed by atoms with Gasteiger partial charge in [-0.15, -0.1) is 0 Å². The van der Waals surface area contributed by atoms with Crippen molar-refractivity contribution < 1.29 is 4.79 Å². The third kappa shape index (κ3) is 2.47. The maximum absolute atomic E-state index is 12.0. The molecular weight excluding hydrogens is 376 g/mol. The monoisotopic (exact) mass is 402 g/mol. The average Bonchev–Trinajstić information content (AvgIpc) is 3.10. The number of anilines is 2. The molecule has 7 heteroatoms. The first-order valence-electron chi connectivity index (χ1n) is 10.7. The highest BCUT2D eigenvalue weighted by Crippen LogP contribution is 2.59. The highest BCUT2D eigenvalue weighted by Gasteiger charge is 2.53. The highest BCUT2D eigenvalue weighted by atomic mass is 16.2. The maximum atomic E-state index is 12.0. The number of amides is 1. The van der Waals surface area contributed by atoms with Gasteiger partial charge in [0.15, 0.2) is 5.82 Å². The summed E-state index contributed by atoms with van der Waals surface area (Å²) in [6.45, 7) is 4.06. The zero-order valence-electron chi connectivity index (χ0n) is 17.7. The van der Waals surface area contributed by atoms with Crippen molar-refractivity contribution in [2.45, 2.75) is 38.1 Å². The molecule has 7 nitrogen and oxygen atoms in total. The van der Waals surface area contributed by atoms with Crippen molar-refractivity contribution >= 4 is 17.4 Å². The van der Waals surface area contributed by atoms with Crippen LogP contribution < -0.4 is 4.90 Å². The van der Waals surface area contributed by atoms with Crippen molar-refractivity contribution in [2.75, 3.05) is 18.0 Å². The van der Waals surface area contributed by atoms with E-state index in [4.69, 9.17) is 5.10 Å². The van der Waals surface area contributed by atoms with Gasteiger partial charge in [0, 0.05) is 74.6 Å². The Bertz CT molecular complexity index is 1180. The minimum absolute atomic E-state index is 0.136. The van der Waals surface area contributed by atoms with E-state index < -0.39 is 0 Å². The molecule has 1 saturated carbocycles. The van der Waals surface area contributed by atoms with Crippen LogP contribution in [0.1, 0.15) is 36.6 Å². The van der Waals surface area contributed by atoms with Crippen molar-refractivity contribution in [3.63, 3.8) is 0 Å². The number of aromatic nitrogens is 4. The van der Waals surface area contributed by atoms with Crippen LogP contribution in [0.5, 0.6) is 0 Å². The Morgan fingerprint density at radius 3 is 2.70 bits per heavy atom. The van der Waals surface area contributed by atoms with E-state index in [-0.39, 0.29) is 11.3 Å². The third-order valence-electron chi connectivity index (χ3n) is 7.13. The van der Waals surface area contributed by atoms with E-state index in [1.165, 1.54) is 40.9 Å². The van der Waals surface area contributed by atoms with Gasteiger partial charge in [-0.05, 0) is 36.1 Å². The van der Waals surface area contributed by atoms with Crippen LogP contribution in [0.2, 0.25) is 0 Å². The molecule has 2 aliphatic heterocycles. The van der Waals surface area contributed by atoms with Gasteiger partial charge < -0.3 is 9.80 Å². The first-order chi connectivity index (χ1) is 14.4. The predicted octanol–water partition coefficient (Wildman–Crippen LogP) is 2.91. The molecule has 0 saturated heterocycles. The minimum Gasteiger partial charge on any atom is -0.338 e.